The Balaban J connectivity index is 1.18. The van der Waals surface area contributed by atoms with E-state index in [1.54, 1.807) is 60.6 Å². The summed E-state index contributed by atoms with van der Waals surface area (Å²) in [5.41, 5.74) is 3.06. The predicted octanol–water partition coefficient (Wildman–Crippen LogP) is 3.36. The van der Waals surface area contributed by atoms with Crippen LogP contribution in [0.15, 0.2) is 65.7 Å². The first-order chi connectivity index (χ1) is 20.6. The number of aromatic nitrogens is 3. The lowest BCUT2D eigenvalue weighted by atomic mass is 10.0. The molecular weight excluding hydrogens is 578 g/mol. The molecule has 1 aromatic carbocycles. The number of pyridine rings is 3. The van der Waals surface area contributed by atoms with E-state index in [1.807, 2.05) is 6.07 Å². The average molecular weight is 609 g/mol. The molecule has 4 aromatic rings. The summed E-state index contributed by atoms with van der Waals surface area (Å²) in [4.78, 5) is 28.4. The van der Waals surface area contributed by atoms with Gasteiger partial charge in [-0.15, -0.1) is 0 Å². The Morgan fingerprint density at radius 2 is 1.95 bits per heavy atom. The molecule has 2 aliphatic rings. The number of sulfone groups is 1. The predicted molar refractivity (Wildman–Crippen MR) is 157 cm³/mol. The summed E-state index contributed by atoms with van der Waals surface area (Å²) < 4.78 is 59.6. The van der Waals surface area contributed by atoms with E-state index < -0.39 is 34.3 Å². The van der Waals surface area contributed by atoms with Crippen LogP contribution in [0.3, 0.4) is 0 Å². The van der Waals surface area contributed by atoms with Crippen LogP contribution in [-0.4, -0.2) is 73.7 Å². The molecule has 1 atom stereocenters. The maximum absolute atomic E-state index is 14.6. The molecule has 5 heterocycles. The molecular formula is C30H30F2N6O4S. The molecule has 0 spiro atoms. The third-order valence-corrected chi connectivity index (χ3v) is 9.50. The van der Waals surface area contributed by atoms with Crippen molar-refractivity contribution in [1.82, 2.24) is 25.6 Å². The van der Waals surface area contributed by atoms with Crippen molar-refractivity contribution in [3.63, 3.8) is 0 Å². The Morgan fingerprint density at radius 1 is 1.12 bits per heavy atom. The molecule has 0 saturated carbocycles. The normalized spacial score (nSPS) is 19.4. The molecule has 1 fully saturated rings. The lowest BCUT2D eigenvalue weighted by Gasteiger charge is -2.38. The Bertz CT molecular complexity index is 1800. The second-order valence-electron chi connectivity index (χ2n) is 10.6. The van der Waals surface area contributed by atoms with Gasteiger partial charge in [0.2, 0.25) is 0 Å². The van der Waals surface area contributed by atoms with Crippen LogP contribution in [-0.2, 0) is 27.7 Å². The molecule has 0 radical (unpaired) electrons. The van der Waals surface area contributed by atoms with Crippen molar-refractivity contribution in [2.24, 2.45) is 0 Å². The quantitative estimate of drug-likeness (QED) is 0.339. The fourth-order valence-electron chi connectivity index (χ4n) is 5.37. The highest BCUT2D eigenvalue weighted by atomic mass is 32.2. The summed E-state index contributed by atoms with van der Waals surface area (Å²) in [6.07, 6.45) is 1.96. The number of hydrogen-bond donors (Lipinski definition) is 2. The van der Waals surface area contributed by atoms with E-state index in [4.69, 9.17) is 9.72 Å². The molecule has 0 bridgehead atoms. The zero-order chi connectivity index (χ0) is 30.2. The zero-order valence-electron chi connectivity index (χ0n) is 23.4. The summed E-state index contributed by atoms with van der Waals surface area (Å²) >= 11 is 0. The maximum Gasteiger partial charge on any atom is 0.280 e. The summed E-state index contributed by atoms with van der Waals surface area (Å²) in [6, 6.07) is 14.4. The molecule has 6 rings (SSSR count). The highest BCUT2D eigenvalue weighted by Crippen LogP contribution is 2.31. The van der Waals surface area contributed by atoms with Crippen LogP contribution in [0, 0.1) is 0 Å². The number of halogens is 2. The number of nitrogens with zero attached hydrogens (tertiary/aromatic N) is 4. The fourth-order valence-corrected chi connectivity index (χ4v) is 6.76. The molecule has 13 heteroatoms. The van der Waals surface area contributed by atoms with Gasteiger partial charge in [0.15, 0.2) is 9.84 Å². The number of carbonyl (C=O) groups is 1. The molecule has 0 aliphatic carbocycles. The van der Waals surface area contributed by atoms with Gasteiger partial charge in [-0.1, -0.05) is 12.1 Å². The Labute approximate surface area is 247 Å². The van der Waals surface area contributed by atoms with Gasteiger partial charge in [0.25, 0.3) is 11.8 Å². The second kappa shape index (κ2) is 11.5. The molecule has 10 nitrogen and oxygen atoms in total. The van der Waals surface area contributed by atoms with Gasteiger partial charge in [-0.05, 0) is 61.5 Å². The van der Waals surface area contributed by atoms with Gasteiger partial charge in [-0.2, -0.15) is 0 Å². The van der Waals surface area contributed by atoms with Gasteiger partial charge < -0.3 is 20.3 Å². The molecule has 2 aliphatic heterocycles. The molecule has 43 heavy (non-hydrogen) atoms. The Morgan fingerprint density at radius 3 is 2.77 bits per heavy atom. The smallest absolute Gasteiger partial charge is 0.280 e. The minimum Gasteiger partial charge on any atom is -0.376 e. The minimum absolute atomic E-state index is 0.0954. The van der Waals surface area contributed by atoms with Crippen molar-refractivity contribution in [3.8, 4) is 11.4 Å². The first kappa shape index (κ1) is 29.0. The molecule has 0 unspecified atom stereocenters. The monoisotopic (exact) mass is 608 g/mol. The first-order valence-corrected chi connectivity index (χ1v) is 15.5. The van der Waals surface area contributed by atoms with E-state index >= 15 is 0 Å². The van der Waals surface area contributed by atoms with Crippen LogP contribution >= 0.6 is 0 Å². The second-order valence-corrected chi connectivity index (χ2v) is 12.7. The number of amides is 1. The van der Waals surface area contributed by atoms with Crippen molar-refractivity contribution in [2.45, 2.75) is 36.4 Å². The number of nitrogens with one attached hydrogen (secondary N) is 2. The number of fused-ring (bicyclic) bond motifs is 2. The van der Waals surface area contributed by atoms with E-state index in [0.717, 1.165) is 5.39 Å². The highest BCUT2D eigenvalue weighted by molar-refractivity contribution is 7.91. The summed E-state index contributed by atoms with van der Waals surface area (Å²) in [7, 11) is -1.99. The van der Waals surface area contributed by atoms with Crippen molar-refractivity contribution in [1.29, 1.82) is 0 Å². The number of alkyl halides is 2. The topological polar surface area (TPSA) is 126 Å². The van der Waals surface area contributed by atoms with E-state index in [0.29, 0.717) is 46.9 Å². The van der Waals surface area contributed by atoms with Gasteiger partial charge in [0.1, 0.15) is 5.82 Å². The molecule has 1 amide bonds. The van der Waals surface area contributed by atoms with Crippen molar-refractivity contribution in [3.05, 3.63) is 77.6 Å². The first-order valence-electron chi connectivity index (χ1n) is 13.9. The number of piperidine rings is 1. The number of anilines is 1. The summed E-state index contributed by atoms with van der Waals surface area (Å²) in [5, 5.41) is 6.28. The number of carbonyl (C=O) groups excluding carboxylic acids is 1. The van der Waals surface area contributed by atoms with Crippen LogP contribution in [0.4, 0.5) is 14.6 Å². The van der Waals surface area contributed by atoms with E-state index in [9.17, 15) is 22.0 Å². The zero-order valence-corrected chi connectivity index (χ0v) is 24.2. The van der Waals surface area contributed by atoms with E-state index in [2.05, 4.69) is 20.6 Å². The van der Waals surface area contributed by atoms with E-state index in [1.165, 1.54) is 6.07 Å². The molecule has 3 aromatic heterocycles. The molecule has 2 N–H and O–H groups in total. The third kappa shape index (κ3) is 6.05. The lowest BCUT2D eigenvalue weighted by molar-refractivity contribution is -0.0404. The van der Waals surface area contributed by atoms with Crippen LogP contribution in [0.2, 0.25) is 0 Å². The fraction of sp³-hybridized carbons (Fsp3) is 0.333. The summed E-state index contributed by atoms with van der Waals surface area (Å²) in [5.74, 6) is -2.98. The Hall–Kier alpha value is -4.07. The van der Waals surface area contributed by atoms with Gasteiger partial charge in [-0.3, -0.25) is 9.78 Å². The van der Waals surface area contributed by atoms with Crippen LogP contribution in [0.25, 0.3) is 22.3 Å². The largest absolute Gasteiger partial charge is 0.376 e. The van der Waals surface area contributed by atoms with Crippen molar-refractivity contribution in [2.75, 3.05) is 37.4 Å². The van der Waals surface area contributed by atoms with Crippen LogP contribution in [0.5, 0.6) is 0 Å². The Kier molecular flexibility index (Phi) is 7.79. The number of ether oxygens (including phenoxy) is 1. The van der Waals surface area contributed by atoms with Gasteiger partial charge in [0, 0.05) is 23.7 Å². The number of hydrogen-bond acceptors (Lipinski definition) is 9. The minimum atomic E-state index is -3.54. The standard InChI is InChI=1S/C30H30F2N6O4S/c1-33-27-9-10-38(18-30(27,31)32)28-4-2-3-23(37-28)24-8-7-20-15-34-22(14-25(20)36-24)16-35-29(39)19-5-6-21-17-42-11-12-43(40,41)26(21)13-19/h2-8,13-15,27,33H,9-12,16-18H2,1H3,(H,35,39)/t27-/m1/s1. The van der Waals surface area contributed by atoms with Gasteiger partial charge in [-0.25, -0.2) is 27.2 Å². The highest BCUT2D eigenvalue weighted by Gasteiger charge is 2.44. The number of benzene rings is 1. The lowest BCUT2D eigenvalue weighted by Crippen LogP contribution is -2.56. The molecule has 224 valence electrons. The maximum atomic E-state index is 14.6. The number of rotatable bonds is 6. The van der Waals surface area contributed by atoms with Crippen LogP contribution < -0.4 is 15.5 Å². The summed E-state index contributed by atoms with van der Waals surface area (Å²) in [6.45, 7) is 0.420. The third-order valence-electron chi connectivity index (χ3n) is 7.75. The average Bonchev–Trinajstić information content (AvgIpc) is 3.16. The van der Waals surface area contributed by atoms with Crippen molar-refractivity contribution >= 4 is 32.5 Å². The van der Waals surface area contributed by atoms with E-state index in [-0.39, 0.29) is 36.0 Å². The van der Waals surface area contributed by atoms with Crippen molar-refractivity contribution < 1.29 is 26.7 Å². The van der Waals surface area contributed by atoms with Gasteiger partial charge >= 0.3 is 0 Å². The van der Waals surface area contributed by atoms with Gasteiger partial charge in [0.05, 0.1) is 65.6 Å². The molecule has 1 saturated heterocycles. The SMILES string of the molecule is CN[C@@H]1CCN(c2cccc(-c3ccc4cnc(CNC(=O)c5ccc6c(c5)S(=O)(=O)CCOC6)cc4n3)n2)CC1(F)F. The van der Waals surface area contributed by atoms with Crippen LogP contribution in [0.1, 0.15) is 28.0 Å².